The number of nitrogens with one attached hydrogen (secondary N) is 2. The van der Waals surface area contributed by atoms with E-state index in [0.29, 0.717) is 17.2 Å². The van der Waals surface area contributed by atoms with Gasteiger partial charge in [0.1, 0.15) is 0 Å². The number of sulfonamides is 1. The second-order valence-corrected chi connectivity index (χ2v) is 6.17. The molecule has 1 atom stereocenters. The maximum atomic E-state index is 12.1. The van der Waals surface area contributed by atoms with Crippen LogP contribution in [0.5, 0.6) is 0 Å². The van der Waals surface area contributed by atoms with Gasteiger partial charge in [0, 0.05) is 17.3 Å². The summed E-state index contributed by atoms with van der Waals surface area (Å²) in [6.07, 6.45) is 2.13. The SMILES string of the molecule is Cc1[nH]nc(S(=O)(=O)NC(C)C2CC2)c1CO. The molecular formula is C10H17N3O3S. The van der Waals surface area contributed by atoms with E-state index >= 15 is 0 Å². The van der Waals surface area contributed by atoms with Gasteiger partial charge in [-0.3, -0.25) is 5.10 Å². The van der Waals surface area contributed by atoms with Gasteiger partial charge in [0.15, 0.2) is 5.03 Å². The first-order chi connectivity index (χ1) is 7.95. The number of aliphatic hydroxyl groups is 1. The summed E-state index contributed by atoms with van der Waals surface area (Å²) in [4.78, 5) is 0. The molecule has 1 heterocycles. The average molecular weight is 259 g/mol. The summed E-state index contributed by atoms with van der Waals surface area (Å²) in [5, 5.41) is 15.4. The molecule has 0 aliphatic heterocycles. The first-order valence-corrected chi connectivity index (χ1v) is 7.11. The van der Waals surface area contributed by atoms with Gasteiger partial charge in [-0.1, -0.05) is 0 Å². The highest BCUT2D eigenvalue weighted by Crippen LogP contribution is 2.33. The number of aryl methyl sites for hydroxylation is 1. The Morgan fingerprint density at radius 1 is 1.59 bits per heavy atom. The van der Waals surface area contributed by atoms with Gasteiger partial charge in [-0.15, -0.1) is 0 Å². The Morgan fingerprint density at radius 3 is 2.76 bits per heavy atom. The zero-order valence-electron chi connectivity index (χ0n) is 9.90. The molecule has 96 valence electrons. The van der Waals surface area contributed by atoms with Gasteiger partial charge in [-0.05, 0) is 32.6 Å². The number of aromatic amines is 1. The van der Waals surface area contributed by atoms with Gasteiger partial charge in [0.05, 0.1) is 6.61 Å². The van der Waals surface area contributed by atoms with Gasteiger partial charge in [-0.25, -0.2) is 13.1 Å². The molecule has 17 heavy (non-hydrogen) atoms. The molecule has 2 rings (SSSR count). The smallest absolute Gasteiger partial charge is 0.260 e. The lowest BCUT2D eigenvalue weighted by atomic mass is 10.2. The maximum absolute atomic E-state index is 12.1. The second-order valence-electron chi connectivity index (χ2n) is 4.54. The lowest BCUT2D eigenvalue weighted by molar-refractivity contribution is 0.277. The largest absolute Gasteiger partial charge is 0.392 e. The van der Waals surface area contributed by atoms with E-state index in [1.807, 2.05) is 6.92 Å². The fourth-order valence-electron chi connectivity index (χ4n) is 1.83. The lowest BCUT2D eigenvalue weighted by Crippen LogP contribution is -2.34. The topological polar surface area (TPSA) is 95.1 Å². The van der Waals surface area contributed by atoms with Crippen LogP contribution in [0.25, 0.3) is 0 Å². The molecule has 0 bridgehead atoms. The monoisotopic (exact) mass is 259 g/mol. The Balaban J connectivity index is 2.24. The Bertz CT molecular complexity index is 505. The Morgan fingerprint density at radius 2 is 2.24 bits per heavy atom. The second kappa shape index (κ2) is 4.40. The van der Waals surface area contributed by atoms with Crippen molar-refractivity contribution in [2.45, 2.75) is 44.4 Å². The summed E-state index contributed by atoms with van der Waals surface area (Å²) in [6.45, 7) is 3.20. The van der Waals surface area contributed by atoms with Gasteiger partial charge >= 0.3 is 0 Å². The highest BCUT2D eigenvalue weighted by molar-refractivity contribution is 7.89. The van der Waals surface area contributed by atoms with Crippen molar-refractivity contribution in [2.24, 2.45) is 5.92 Å². The predicted molar refractivity (Wildman–Crippen MR) is 61.8 cm³/mol. The molecule has 0 saturated heterocycles. The summed E-state index contributed by atoms with van der Waals surface area (Å²) in [7, 11) is -3.64. The maximum Gasteiger partial charge on any atom is 0.260 e. The molecule has 0 radical (unpaired) electrons. The third kappa shape index (κ3) is 2.51. The standard InChI is InChI=1S/C10H17N3O3S/c1-6(8-3-4-8)13-17(15,16)10-9(5-14)7(2)11-12-10/h6,8,13-14H,3-5H2,1-2H3,(H,11,12). The van der Waals surface area contributed by atoms with Crippen molar-refractivity contribution >= 4 is 10.0 Å². The zero-order valence-corrected chi connectivity index (χ0v) is 10.7. The van der Waals surface area contributed by atoms with Crippen LogP contribution >= 0.6 is 0 Å². The molecule has 0 aromatic carbocycles. The number of H-pyrrole nitrogens is 1. The average Bonchev–Trinajstić information content (AvgIpc) is 3.01. The molecule has 7 heteroatoms. The van der Waals surface area contributed by atoms with Crippen molar-refractivity contribution in [3.05, 3.63) is 11.3 Å². The number of rotatable bonds is 5. The number of hydrogen-bond acceptors (Lipinski definition) is 4. The third-order valence-corrected chi connectivity index (χ3v) is 4.65. The van der Waals surface area contributed by atoms with Gasteiger partial charge in [-0.2, -0.15) is 5.10 Å². The van der Waals surface area contributed by atoms with Crippen LogP contribution in [-0.4, -0.2) is 29.8 Å². The number of aliphatic hydroxyl groups excluding tert-OH is 1. The molecule has 1 fully saturated rings. The van der Waals surface area contributed by atoms with E-state index < -0.39 is 10.0 Å². The van der Waals surface area contributed by atoms with Gasteiger partial charge < -0.3 is 5.11 Å². The molecule has 1 unspecified atom stereocenters. The zero-order chi connectivity index (χ0) is 12.6. The van der Waals surface area contributed by atoms with E-state index in [0.717, 1.165) is 12.8 Å². The summed E-state index contributed by atoms with van der Waals surface area (Å²) in [5.41, 5.74) is 0.910. The van der Waals surface area contributed by atoms with Gasteiger partial charge in [0.2, 0.25) is 0 Å². The van der Waals surface area contributed by atoms with Crippen molar-refractivity contribution in [1.82, 2.24) is 14.9 Å². The first-order valence-electron chi connectivity index (χ1n) is 5.62. The molecular weight excluding hydrogens is 242 g/mol. The molecule has 1 aliphatic rings. The molecule has 3 N–H and O–H groups in total. The van der Waals surface area contributed by atoms with Crippen LogP contribution < -0.4 is 4.72 Å². The van der Waals surface area contributed by atoms with E-state index in [-0.39, 0.29) is 17.7 Å². The van der Waals surface area contributed by atoms with Crippen LogP contribution in [0.1, 0.15) is 31.0 Å². The van der Waals surface area contributed by atoms with Crippen LogP contribution in [0.15, 0.2) is 5.03 Å². The molecule has 1 aromatic heterocycles. The molecule has 1 aliphatic carbocycles. The van der Waals surface area contributed by atoms with E-state index in [9.17, 15) is 8.42 Å². The normalized spacial score (nSPS) is 18.3. The van der Waals surface area contributed by atoms with Crippen LogP contribution in [0.2, 0.25) is 0 Å². The van der Waals surface area contributed by atoms with Crippen molar-refractivity contribution in [3.8, 4) is 0 Å². The molecule has 1 saturated carbocycles. The summed E-state index contributed by atoms with van der Waals surface area (Å²) < 4.78 is 26.7. The van der Waals surface area contributed by atoms with Crippen molar-refractivity contribution < 1.29 is 13.5 Å². The quantitative estimate of drug-likeness (QED) is 0.708. The Kier molecular flexibility index (Phi) is 3.24. The predicted octanol–water partition coefficient (Wildman–Crippen LogP) is 0.287. The van der Waals surface area contributed by atoms with E-state index in [2.05, 4.69) is 14.9 Å². The molecule has 0 amide bonds. The lowest BCUT2D eigenvalue weighted by Gasteiger charge is -2.12. The minimum atomic E-state index is -3.64. The summed E-state index contributed by atoms with van der Waals surface area (Å²) in [6, 6.07) is -0.0800. The van der Waals surface area contributed by atoms with E-state index in [4.69, 9.17) is 5.11 Å². The number of hydrogen-bond donors (Lipinski definition) is 3. The van der Waals surface area contributed by atoms with Crippen molar-refractivity contribution in [1.29, 1.82) is 0 Å². The Hall–Kier alpha value is -0.920. The summed E-state index contributed by atoms with van der Waals surface area (Å²) >= 11 is 0. The molecule has 0 spiro atoms. The number of aromatic nitrogens is 2. The van der Waals surface area contributed by atoms with Crippen molar-refractivity contribution in [3.63, 3.8) is 0 Å². The summed E-state index contributed by atoms with van der Waals surface area (Å²) in [5.74, 6) is 0.433. The fraction of sp³-hybridized carbons (Fsp3) is 0.700. The highest BCUT2D eigenvalue weighted by atomic mass is 32.2. The van der Waals surface area contributed by atoms with Crippen molar-refractivity contribution in [2.75, 3.05) is 0 Å². The fourth-order valence-corrected chi connectivity index (χ4v) is 3.33. The van der Waals surface area contributed by atoms with Crippen LogP contribution in [0.3, 0.4) is 0 Å². The third-order valence-electron chi connectivity index (χ3n) is 3.12. The molecule has 6 nitrogen and oxygen atoms in total. The Labute approximate surface area is 100 Å². The first kappa shape index (κ1) is 12.5. The minimum absolute atomic E-state index is 0.0800. The minimum Gasteiger partial charge on any atom is -0.392 e. The van der Waals surface area contributed by atoms with Crippen LogP contribution in [0, 0.1) is 12.8 Å². The highest BCUT2D eigenvalue weighted by Gasteiger charge is 2.33. The van der Waals surface area contributed by atoms with Crippen LogP contribution in [-0.2, 0) is 16.6 Å². The molecule has 1 aromatic rings. The van der Waals surface area contributed by atoms with E-state index in [1.165, 1.54) is 0 Å². The van der Waals surface area contributed by atoms with E-state index in [1.54, 1.807) is 6.92 Å². The van der Waals surface area contributed by atoms with Crippen LogP contribution in [0.4, 0.5) is 0 Å². The van der Waals surface area contributed by atoms with Gasteiger partial charge in [0.25, 0.3) is 10.0 Å². The number of nitrogens with zero attached hydrogens (tertiary/aromatic N) is 1.